The molecule has 128 valence electrons. The predicted molar refractivity (Wildman–Crippen MR) is 96.1 cm³/mol. The summed E-state index contributed by atoms with van der Waals surface area (Å²) in [7, 11) is 1.98. The molecule has 0 radical (unpaired) electrons. The van der Waals surface area contributed by atoms with Crippen molar-refractivity contribution in [3.05, 3.63) is 64.4 Å². The largest absolute Gasteiger partial charge is 0.378 e. The number of para-hydroxylation sites is 1. The fourth-order valence-electron chi connectivity index (χ4n) is 3.06. The number of morpholine rings is 1. The van der Waals surface area contributed by atoms with E-state index in [1.807, 2.05) is 13.1 Å². The summed E-state index contributed by atoms with van der Waals surface area (Å²) in [5.74, 6) is -0.254. The number of rotatable bonds is 5. The Bertz CT molecular complexity index is 669. The lowest BCUT2D eigenvalue weighted by molar-refractivity contribution is 0.122. The average Bonchev–Trinajstić information content (AvgIpc) is 2.60. The molecule has 2 aromatic rings. The number of hydrogen-bond donors (Lipinski definition) is 0. The van der Waals surface area contributed by atoms with Gasteiger partial charge in [-0.2, -0.15) is 0 Å². The van der Waals surface area contributed by atoms with Gasteiger partial charge in [-0.05, 0) is 30.8 Å². The highest BCUT2D eigenvalue weighted by Crippen LogP contribution is 2.25. The second-order valence-corrected chi connectivity index (χ2v) is 6.51. The zero-order valence-electron chi connectivity index (χ0n) is 13.8. The van der Waals surface area contributed by atoms with E-state index in [2.05, 4.69) is 28.0 Å². The Morgan fingerprint density at radius 1 is 1.08 bits per heavy atom. The monoisotopic (exact) mass is 348 g/mol. The maximum absolute atomic E-state index is 14.0. The van der Waals surface area contributed by atoms with Crippen LogP contribution in [0.4, 0.5) is 10.1 Å². The van der Waals surface area contributed by atoms with Crippen molar-refractivity contribution in [1.82, 2.24) is 4.90 Å². The van der Waals surface area contributed by atoms with Gasteiger partial charge < -0.3 is 9.64 Å². The van der Waals surface area contributed by atoms with Crippen LogP contribution in [0.5, 0.6) is 0 Å². The van der Waals surface area contributed by atoms with E-state index in [0.717, 1.165) is 32.8 Å². The predicted octanol–water partition coefficient (Wildman–Crippen LogP) is 3.95. The minimum absolute atomic E-state index is 0.254. The van der Waals surface area contributed by atoms with E-state index < -0.39 is 0 Å². The van der Waals surface area contributed by atoms with Crippen LogP contribution in [0.2, 0.25) is 5.02 Å². The number of nitrogens with zero attached hydrogens (tertiary/aromatic N) is 2. The van der Waals surface area contributed by atoms with Crippen LogP contribution in [0.1, 0.15) is 11.1 Å². The molecule has 3 rings (SSSR count). The standard InChI is InChI=1S/C19H22ClFN2O/c1-22(14-16-17(20)6-4-7-18(16)21)13-15-5-2-3-8-19(15)23-9-11-24-12-10-23/h2-8H,9-14H2,1H3. The fraction of sp³-hybridized carbons (Fsp3) is 0.368. The highest BCUT2D eigenvalue weighted by Gasteiger charge is 2.16. The lowest BCUT2D eigenvalue weighted by atomic mass is 10.1. The molecule has 0 atom stereocenters. The van der Waals surface area contributed by atoms with E-state index in [4.69, 9.17) is 16.3 Å². The van der Waals surface area contributed by atoms with Gasteiger partial charge >= 0.3 is 0 Å². The molecule has 0 spiro atoms. The number of hydrogen-bond acceptors (Lipinski definition) is 3. The first kappa shape index (κ1) is 17.2. The molecule has 1 saturated heterocycles. The van der Waals surface area contributed by atoms with E-state index in [1.165, 1.54) is 17.3 Å². The van der Waals surface area contributed by atoms with Crippen molar-refractivity contribution >= 4 is 17.3 Å². The fourth-order valence-corrected chi connectivity index (χ4v) is 3.28. The molecule has 1 heterocycles. The Hall–Kier alpha value is -1.62. The molecular weight excluding hydrogens is 327 g/mol. The number of benzene rings is 2. The van der Waals surface area contributed by atoms with Crippen LogP contribution in [-0.2, 0) is 17.8 Å². The Morgan fingerprint density at radius 3 is 2.58 bits per heavy atom. The number of ether oxygens (including phenoxy) is 1. The molecule has 0 aliphatic carbocycles. The second kappa shape index (κ2) is 7.97. The Balaban J connectivity index is 1.73. The van der Waals surface area contributed by atoms with Crippen LogP contribution in [0.25, 0.3) is 0 Å². The zero-order chi connectivity index (χ0) is 16.9. The summed E-state index contributed by atoms with van der Waals surface area (Å²) in [6.45, 7) is 4.53. The van der Waals surface area contributed by atoms with Crippen LogP contribution < -0.4 is 4.90 Å². The maximum atomic E-state index is 14.0. The van der Waals surface area contributed by atoms with Gasteiger partial charge in [0, 0.05) is 42.5 Å². The van der Waals surface area contributed by atoms with Crippen LogP contribution in [0, 0.1) is 5.82 Å². The Labute approximate surface area is 147 Å². The van der Waals surface area contributed by atoms with Crippen molar-refractivity contribution in [2.75, 3.05) is 38.3 Å². The maximum Gasteiger partial charge on any atom is 0.129 e. The van der Waals surface area contributed by atoms with Crippen molar-refractivity contribution in [2.24, 2.45) is 0 Å². The van der Waals surface area contributed by atoms with Gasteiger partial charge in [0.05, 0.1) is 13.2 Å². The van der Waals surface area contributed by atoms with E-state index >= 15 is 0 Å². The quantitative estimate of drug-likeness (QED) is 0.813. The summed E-state index contributed by atoms with van der Waals surface area (Å²) in [5.41, 5.74) is 3.01. The SMILES string of the molecule is CN(Cc1ccccc1N1CCOCC1)Cc1c(F)cccc1Cl. The van der Waals surface area contributed by atoms with Gasteiger partial charge in [0.15, 0.2) is 0 Å². The minimum Gasteiger partial charge on any atom is -0.378 e. The molecule has 24 heavy (non-hydrogen) atoms. The van der Waals surface area contributed by atoms with Gasteiger partial charge in [-0.25, -0.2) is 4.39 Å². The molecule has 0 N–H and O–H groups in total. The molecule has 1 aliphatic heterocycles. The number of halogens is 2. The highest BCUT2D eigenvalue weighted by atomic mass is 35.5. The Kier molecular flexibility index (Phi) is 5.72. The van der Waals surface area contributed by atoms with Crippen molar-refractivity contribution < 1.29 is 9.13 Å². The molecule has 0 saturated carbocycles. The molecular formula is C19H22ClFN2O. The molecule has 1 aliphatic rings. The van der Waals surface area contributed by atoms with Gasteiger partial charge in [-0.15, -0.1) is 0 Å². The summed E-state index contributed by atoms with van der Waals surface area (Å²) in [4.78, 5) is 4.44. The van der Waals surface area contributed by atoms with Crippen molar-refractivity contribution in [1.29, 1.82) is 0 Å². The summed E-state index contributed by atoms with van der Waals surface area (Å²) in [5, 5.41) is 0.475. The summed E-state index contributed by atoms with van der Waals surface area (Å²) in [6, 6.07) is 13.2. The third-order valence-electron chi connectivity index (χ3n) is 4.27. The van der Waals surface area contributed by atoms with E-state index in [0.29, 0.717) is 17.1 Å². The molecule has 0 unspecified atom stereocenters. The molecule has 0 aromatic heterocycles. The van der Waals surface area contributed by atoms with Crippen molar-refractivity contribution in [3.8, 4) is 0 Å². The molecule has 3 nitrogen and oxygen atoms in total. The van der Waals surface area contributed by atoms with Gasteiger partial charge in [-0.1, -0.05) is 35.9 Å². The third-order valence-corrected chi connectivity index (χ3v) is 4.63. The van der Waals surface area contributed by atoms with Crippen LogP contribution in [-0.4, -0.2) is 38.3 Å². The highest BCUT2D eigenvalue weighted by molar-refractivity contribution is 6.31. The van der Waals surface area contributed by atoms with Gasteiger partial charge in [-0.3, -0.25) is 4.90 Å². The van der Waals surface area contributed by atoms with E-state index in [1.54, 1.807) is 12.1 Å². The first-order valence-electron chi connectivity index (χ1n) is 8.17. The normalized spacial score (nSPS) is 15.1. The van der Waals surface area contributed by atoms with Gasteiger partial charge in [0.1, 0.15) is 5.82 Å². The molecule has 5 heteroatoms. The molecule has 0 amide bonds. The van der Waals surface area contributed by atoms with E-state index in [-0.39, 0.29) is 5.82 Å². The minimum atomic E-state index is -0.254. The molecule has 0 bridgehead atoms. The third kappa shape index (κ3) is 4.07. The zero-order valence-corrected chi connectivity index (χ0v) is 14.6. The van der Waals surface area contributed by atoms with Crippen molar-refractivity contribution in [3.63, 3.8) is 0 Å². The smallest absolute Gasteiger partial charge is 0.129 e. The lowest BCUT2D eigenvalue weighted by Gasteiger charge is -2.31. The van der Waals surface area contributed by atoms with Crippen LogP contribution in [0.15, 0.2) is 42.5 Å². The molecule has 1 fully saturated rings. The number of anilines is 1. The lowest BCUT2D eigenvalue weighted by Crippen LogP contribution is -2.37. The van der Waals surface area contributed by atoms with E-state index in [9.17, 15) is 4.39 Å². The second-order valence-electron chi connectivity index (χ2n) is 6.10. The van der Waals surface area contributed by atoms with Crippen molar-refractivity contribution in [2.45, 2.75) is 13.1 Å². The summed E-state index contributed by atoms with van der Waals surface area (Å²) < 4.78 is 19.4. The van der Waals surface area contributed by atoms with Gasteiger partial charge in [0.2, 0.25) is 0 Å². The summed E-state index contributed by atoms with van der Waals surface area (Å²) in [6.07, 6.45) is 0. The first-order chi connectivity index (χ1) is 11.6. The molecule has 2 aromatic carbocycles. The summed E-state index contributed by atoms with van der Waals surface area (Å²) >= 11 is 6.14. The Morgan fingerprint density at radius 2 is 1.83 bits per heavy atom. The average molecular weight is 349 g/mol. The first-order valence-corrected chi connectivity index (χ1v) is 8.55. The van der Waals surface area contributed by atoms with Crippen LogP contribution in [0.3, 0.4) is 0 Å². The van der Waals surface area contributed by atoms with Gasteiger partial charge in [0.25, 0.3) is 0 Å². The topological polar surface area (TPSA) is 15.7 Å². The van der Waals surface area contributed by atoms with Crippen LogP contribution >= 0.6 is 11.6 Å².